The monoisotopic (exact) mass is 427 g/mol. The van der Waals surface area contributed by atoms with E-state index in [1.807, 2.05) is 0 Å². The van der Waals surface area contributed by atoms with Gasteiger partial charge in [0.15, 0.2) is 11.4 Å². The zero-order valence-electron chi connectivity index (χ0n) is 14.9. The van der Waals surface area contributed by atoms with Crippen molar-refractivity contribution in [2.45, 2.75) is 12.7 Å². The second kappa shape index (κ2) is 9.11. The molecule has 0 amide bonds. The van der Waals surface area contributed by atoms with E-state index in [1.165, 1.54) is 18.2 Å². The minimum atomic E-state index is -5.28. The van der Waals surface area contributed by atoms with E-state index in [-0.39, 0.29) is 17.8 Å². The molecule has 0 aliphatic rings. The van der Waals surface area contributed by atoms with E-state index >= 15 is 0 Å². The molecule has 0 aliphatic carbocycles. The van der Waals surface area contributed by atoms with Gasteiger partial charge in [0.05, 0.1) is 23.4 Å². The molecular weight excluding hydrogens is 413 g/mol. The van der Waals surface area contributed by atoms with Gasteiger partial charge in [0.2, 0.25) is 5.95 Å². The number of allylic oxidation sites excluding steroid dienone is 2. The molecule has 0 saturated heterocycles. The Morgan fingerprint density at radius 3 is 2.47 bits per heavy atom. The van der Waals surface area contributed by atoms with Crippen molar-refractivity contribution in [3.05, 3.63) is 87.4 Å². The second-order valence-corrected chi connectivity index (χ2v) is 5.72. The molecule has 1 aromatic carbocycles. The lowest BCUT2D eigenvalue weighted by molar-refractivity contribution is -0.141. The van der Waals surface area contributed by atoms with Crippen LogP contribution in [0.3, 0.4) is 0 Å². The molecule has 2 aromatic rings. The zero-order valence-corrected chi connectivity index (χ0v) is 14.9. The maximum absolute atomic E-state index is 13.7. The smallest absolute Gasteiger partial charge is 0.426 e. The molecule has 0 spiro atoms. The molecule has 0 aliphatic heterocycles. The molecule has 0 bridgehead atoms. The average molecular weight is 427 g/mol. The summed E-state index contributed by atoms with van der Waals surface area (Å²) in [5.41, 5.74) is -5.08. The largest absolute Gasteiger partial charge is 0.516 e. The minimum Gasteiger partial charge on any atom is -0.516 e. The van der Waals surface area contributed by atoms with Gasteiger partial charge in [0.25, 0.3) is 5.56 Å². The number of H-pyrrole nitrogens is 1. The molecule has 0 fully saturated rings. The fraction of sp³-hybridized carbons (Fsp3) is 0.111. The highest BCUT2D eigenvalue weighted by atomic mass is 19.4. The van der Waals surface area contributed by atoms with Crippen molar-refractivity contribution in [1.82, 2.24) is 15.3 Å². The van der Waals surface area contributed by atoms with Crippen molar-refractivity contribution in [3.8, 4) is 0 Å². The molecular formula is C18H14F5N5O2. The normalized spacial score (nSPS) is 12.2. The third kappa shape index (κ3) is 5.37. The Bertz CT molecular complexity index is 1090. The fourth-order valence-electron chi connectivity index (χ4n) is 2.25. The number of aliphatic hydroxyl groups excluding tert-OH is 1. The predicted molar refractivity (Wildman–Crippen MR) is 97.5 cm³/mol. The van der Waals surface area contributed by atoms with Crippen LogP contribution in [0.5, 0.6) is 0 Å². The Hall–Kier alpha value is -3.83. The van der Waals surface area contributed by atoms with Crippen molar-refractivity contribution in [2.24, 2.45) is 0 Å². The number of aromatic amines is 1. The van der Waals surface area contributed by atoms with Gasteiger partial charge in [-0.2, -0.15) is 22.5 Å². The quantitative estimate of drug-likeness (QED) is 0.201. The predicted octanol–water partition coefficient (Wildman–Crippen LogP) is 3.20. The summed E-state index contributed by atoms with van der Waals surface area (Å²) in [5, 5.41) is 27.2. The summed E-state index contributed by atoms with van der Waals surface area (Å²) in [7, 11) is 0. The third-order valence-electron chi connectivity index (χ3n) is 3.66. The van der Waals surface area contributed by atoms with Gasteiger partial charge < -0.3 is 15.4 Å². The van der Waals surface area contributed by atoms with E-state index in [1.54, 1.807) is 11.1 Å². The number of alkyl halides is 3. The minimum absolute atomic E-state index is 0.154. The first kappa shape index (κ1) is 22.5. The first-order valence-corrected chi connectivity index (χ1v) is 8.09. The van der Waals surface area contributed by atoms with Crippen LogP contribution >= 0.6 is 0 Å². The van der Waals surface area contributed by atoms with Crippen LogP contribution < -0.4 is 10.9 Å². The summed E-state index contributed by atoms with van der Waals surface area (Å²) in [6.07, 6.45) is -3.00. The van der Waals surface area contributed by atoms with Crippen LogP contribution in [-0.4, -0.2) is 26.5 Å². The van der Waals surface area contributed by atoms with E-state index in [0.29, 0.717) is 6.26 Å². The molecule has 0 unspecified atom stereocenters. The Morgan fingerprint density at radius 2 is 1.90 bits per heavy atom. The lowest BCUT2D eigenvalue weighted by Crippen LogP contribution is -2.28. The third-order valence-corrected chi connectivity index (χ3v) is 3.66. The number of benzene rings is 1. The maximum Gasteiger partial charge on any atom is 0.426 e. The van der Waals surface area contributed by atoms with Crippen molar-refractivity contribution in [3.63, 3.8) is 0 Å². The topological polar surface area (TPSA) is 126 Å². The Kier molecular flexibility index (Phi) is 6.82. The molecule has 2 rings (SSSR count). The SMILES string of the molecule is N=C(/C=C\O)/C(=C/C(=N)c1nc(F)c(C(F)(F)F)c(=O)[nH]1)NCc1ccccc1F. The van der Waals surface area contributed by atoms with Crippen molar-refractivity contribution >= 4 is 11.4 Å². The highest BCUT2D eigenvalue weighted by Gasteiger charge is 2.39. The average Bonchev–Trinajstić information content (AvgIpc) is 2.64. The molecule has 5 N–H and O–H groups in total. The molecule has 1 heterocycles. The van der Waals surface area contributed by atoms with Gasteiger partial charge in [-0.15, -0.1) is 0 Å². The van der Waals surface area contributed by atoms with Gasteiger partial charge in [-0.25, -0.2) is 4.39 Å². The highest BCUT2D eigenvalue weighted by Crippen LogP contribution is 2.27. The zero-order chi connectivity index (χ0) is 22.5. The number of rotatable bonds is 7. The number of halogens is 5. The van der Waals surface area contributed by atoms with E-state index < -0.39 is 46.3 Å². The second-order valence-electron chi connectivity index (χ2n) is 5.72. The van der Waals surface area contributed by atoms with Gasteiger partial charge in [-0.05, 0) is 18.2 Å². The number of hydrogen-bond acceptors (Lipinski definition) is 6. The Labute approximate surface area is 165 Å². The van der Waals surface area contributed by atoms with E-state index in [0.717, 1.165) is 12.2 Å². The molecule has 0 atom stereocenters. The maximum atomic E-state index is 13.7. The summed E-state index contributed by atoms with van der Waals surface area (Å²) < 4.78 is 65.4. The molecule has 158 valence electrons. The van der Waals surface area contributed by atoms with Gasteiger partial charge in [-0.1, -0.05) is 18.2 Å². The van der Waals surface area contributed by atoms with Crippen molar-refractivity contribution in [1.29, 1.82) is 10.8 Å². The number of nitrogens with one attached hydrogen (secondary N) is 4. The summed E-state index contributed by atoms with van der Waals surface area (Å²) in [6.45, 7) is -0.154. The first-order valence-electron chi connectivity index (χ1n) is 8.09. The standard InChI is InChI=1S/C18H14F5N5O2/c19-10-4-2-1-3-9(10)8-26-13(11(24)5-6-29)7-12(25)16-27-15(20)14(17(30)28-16)18(21,22)23/h1-7,24-26,29H,8H2,(H,27,28,30)/b6-5-,13-7-,24-11?,25-12?. The summed E-state index contributed by atoms with van der Waals surface area (Å²) in [4.78, 5) is 16.2. The van der Waals surface area contributed by atoms with Gasteiger partial charge in [-0.3, -0.25) is 15.6 Å². The van der Waals surface area contributed by atoms with E-state index in [2.05, 4.69) is 10.3 Å². The first-order chi connectivity index (χ1) is 14.0. The Balaban J connectivity index is 2.38. The van der Waals surface area contributed by atoms with Crippen LogP contribution in [0.25, 0.3) is 0 Å². The van der Waals surface area contributed by atoms with Crippen LogP contribution in [0.2, 0.25) is 0 Å². The van der Waals surface area contributed by atoms with Gasteiger partial charge in [0.1, 0.15) is 5.82 Å². The Morgan fingerprint density at radius 1 is 1.23 bits per heavy atom. The van der Waals surface area contributed by atoms with E-state index in [4.69, 9.17) is 15.9 Å². The number of nitrogens with zero attached hydrogens (tertiary/aromatic N) is 1. The molecule has 7 nitrogen and oxygen atoms in total. The van der Waals surface area contributed by atoms with Crippen LogP contribution in [-0.2, 0) is 12.7 Å². The van der Waals surface area contributed by atoms with Crippen molar-refractivity contribution in [2.75, 3.05) is 0 Å². The number of hydrogen-bond donors (Lipinski definition) is 5. The summed E-state index contributed by atoms with van der Waals surface area (Å²) in [6, 6.07) is 5.66. The molecule has 1 aromatic heterocycles. The summed E-state index contributed by atoms with van der Waals surface area (Å²) in [5.74, 6) is -3.48. The van der Waals surface area contributed by atoms with E-state index in [9.17, 15) is 26.7 Å². The molecule has 30 heavy (non-hydrogen) atoms. The highest BCUT2D eigenvalue weighted by molar-refractivity contribution is 6.13. The molecule has 12 heteroatoms. The van der Waals surface area contributed by atoms with Gasteiger partial charge in [0, 0.05) is 12.1 Å². The van der Waals surface area contributed by atoms with Crippen LogP contribution in [0.4, 0.5) is 22.0 Å². The van der Waals surface area contributed by atoms with Crippen molar-refractivity contribution < 1.29 is 27.1 Å². The van der Waals surface area contributed by atoms with Gasteiger partial charge >= 0.3 is 6.18 Å². The number of aliphatic hydroxyl groups is 1. The fourth-order valence-corrected chi connectivity index (χ4v) is 2.25. The summed E-state index contributed by atoms with van der Waals surface area (Å²) >= 11 is 0. The molecule has 0 saturated carbocycles. The number of aromatic nitrogens is 2. The van der Waals surface area contributed by atoms with Crippen LogP contribution in [0.15, 0.2) is 53.2 Å². The van der Waals surface area contributed by atoms with Crippen LogP contribution in [0.1, 0.15) is 17.0 Å². The lowest BCUT2D eigenvalue weighted by Gasteiger charge is -2.12. The van der Waals surface area contributed by atoms with Crippen LogP contribution in [0, 0.1) is 22.6 Å². The molecule has 0 radical (unpaired) electrons. The lowest BCUT2D eigenvalue weighted by atomic mass is 10.1.